The standard InChI is InChI=1S/C8H19OSi.C4H9.BrH.Mg/c1-4-5-6-7-8-9-10(2)3;1-4(2)3;;/h10H,1,4-8H2,2-3H3;1-3H3;1H;. The molecule has 0 fully saturated rings. The molecule has 4 heteroatoms. The highest BCUT2D eigenvalue weighted by atomic mass is 79.9. The Hall–Kier alpha value is 1.42. The highest BCUT2D eigenvalue weighted by Crippen LogP contribution is 2.22. The van der Waals surface area contributed by atoms with Crippen molar-refractivity contribution in [2.24, 2.45) is 0 Å². The Morgan fingerprint density at radius 1 is 1.00 bits per heavy atom. The first-order valence-electron chi connectivity index (χ1n) is 6.53. The van der Waals surface area contributed by atoms with Gasteiger partial charge in [0.05, 0.1) is 0 Å². The van der Waals surface area contributed by atoms with Gasteiger partial charge in [0.25, 0.3) is 0 Å². The Balaban J connectivity index is 0. The van der Waals surface area contributed by atoms with E-state index in [2.05, 4.69) is 33.9 Å². The zero-order valence-electron chi connectivity index (χ0n) is 11.8. The van der Waals surface area contributed by atoms with E-state index in [1.807, 2.05) is 0 Å². The number of unbranched alkanes of at least 4 members (excludes halogenated alkanes) is 3. The molecule has 0 aliphatic carbocycles. The zero-order chi connectivity index (χ0) is 11.7. The van der Waals surface area contributed by atoms with Crippen molar-refractivity contribution in [3.8, 4) is 0 Å². The Labute approximate surface area is 124 Å². The van der Waals surface area contributed by atoms with Gasteiger partial charge in [-0.1, -0.05) is 40.0 Å². The minimum Gasteiger partial charge on any atom is -0.421 e. The fraction of sp³-hybridized carbons (Fsp3) is 1.00. The van der Waals surface area contributed by atoms with Crippen LogP contribution in [0.3, 0.4) is 0 Å². The first-order chi connectivity index (χ1) is 6.92. The van der Waals surface area contributed by atoms with Crippen LogP contribution in [-0.2, 0) is 4.43 Å². The van der Waals surface area contributed by atoms with Gasteiger partial charge >= 0.3 is 20.4 Å². The predicted molar refractivity (Wildman–Crippen MR) is 83.9 cm³/mol. The van der Waals surface area contributed by atoms with Crippen molar-refractivity contribution < 1.29 is 4.43 Å². The normalized spacial score (nSPS) is 11.1. The Morgan fingerprint density at radius 3 is 2.06 bits per heavy atom. The Morgan fingerprint density at radius 2 is 1.56 bits per heavy atom. The molecule has 1 nitrogen and oxygen atoms in total. The fourth-order valence-electron chi connectivity index (χ4n) is 1.61. The smallest absolute Gasteiger partial charge is 0.372 e. The van der Waals surface area contributed by atoms with Crippen molar-refractivity contribution in [1.82, 2.24) is 0 Å². The van der Waals surface area contributed by atoms with Crippen LogP contribution in [0, 0.1) is 0 Å². The summed E-state index contributed by atoms with van der Waals surface area (Å²) in [5.74, 6) is 0. The third-order valence-corrected chi connectivity index (χ3v) is 5.78. The number of rotatable bonds is 8. The van der Waals surface area contributed by atoms with Crippen LogP contribution in [0.4, 0.5) is 0 Å². The summed E-state index contributed by atoms with van der Waals surface area (Å²) in [6.07, 6.45) is 5.54. The third-order valence-electron chi connectivity index (χ3n) is 2.52. The minimum atomic E-state index is -0.751. The summed E-state index contributed by atoms with van der Waals surface area (Å²) < 4.78 is 7.84. The molecule has 0 N–H and O–H groups in total. The molecule has 0 aromatic carbocycles. The number of hydrogen-bond acceptors (Lipinski definition) is 1. The Bertz CT molecular complexity index is 148. The largest absolute Gasteiger partial charge is 0.421 e. The fourth-order valence-corrected chi connectivity index (χ4v) is 3.91. The highest BCUT2D eigenvalue weighted by molar-refractivity contribution is 8.93. The summed E-state index contributed by atoms with van der Waals surface area (Å²) in [4.78, 5) is 0. The lowest BCUT2D eigenvalue weighted by molar-refractivity contribution is 0.312. The van der Waals surface area contributed by atoms with Crippen LogP contribution in [0.15, 0.2) is 0 Å². The topological polar surface area (TPSA) is 9.23 Å². The van der Waals surface area contributed by atoms with Crippen LogP contribution < -0.4 is 0 Å². The van der Waals surface area contributed by atoms with Crippen LogP contribution in [0.1, 0.15) is 46.5 Å². The highest BCUT2D eigenvalue weighted by Gasteiger charge is 2.12. The van der Waals surface area contributed by atoms with Gasteiger partial charge in [0.15, 0.2) is 9.04 Å². The van der Waals surface area contributed by atoms with Crippen molar-refractivity contribution in [2.75, 3.05) is 6.61 Å². The van der Waals surface area contributed by atoms with Gasteiger partial charge in [-0.3, -0.25) is 0 Å². The molecule has 0 rings (SSSR count). The SMILES string of the molecule is Br.C[SiH](C)OCCCCC[CH2][Mg][C](C)(C)C. The summed E-state index contributed by atoms with van der Waals surface area (Å²) in [6.45, 7) is 12.7. The first-order valence-corrected chi connectivity index (χ1v) is 11.0. The summed E-state index contributed by atoms with van der Waals surface area (Å²) in [6, 6.07) is 0. The first kappa shape index (κ1) is 19.8. The maximum Gasteiger partial charge on any atom is 0.372 e. The van der Waals surface area contributed by atoms with Gasteiger partial charge in [-0.25, -0.2) is 0 Å². The molecule has 0 amide bonds. The average Bonchev–Trinajstić information content (AvgIpc) is 2.07. The number of hydrogen-bond donors (Lipinski definition) is 0. The molecule has 96 valence electrons. The van der Waals surface area contributed by atoms with Gasteiger partial charge in [-0.15, -0.1) is 25.1 Å². The summed E-state index contributed by atoms with van der Waals surface area (Å²) in [5, 5.41) is 0. The second-order valence-electron chi connectivity index (χ2n) is 6.00. The van der Waals surface area contributed by atoms with E-state index < -0.39 is 9.04 Å². The van der Waals surface area contributed by atoms with Crippen molar-refractivity contribution in [3.05, 3.63) is 0 Å². The van der Waals surface area contributed by atoms with E-state index in [1.54, 1.807) is 0 Å². The van der Waals surface area contributed by atoms with Crippen molar-refractivity contribution in [1.29, 1.82) is 0 Å². The Kier molecular flexibility index (Phi) is 14.2. The molecule has 0 spiro atoms. The van der Waals surface area contributed by atoms with Gasteiger partial charge in [0, 0.05) is 6.61 Å². The summed E-state index contributed by atoms with van der Waals surface area (Å²) >= 11 is 0.173. The van der Waals surface area contributed by atoms with Gasteiger partial charge < -0.3 is 4.43 Å². The monoisotopic (exact) mass is 320 g/mol. The van der Waals surface area contributed by atoms with Crippen LogP contribution in [0.2, 0.25) is 21.2 Å². The molecule has 0 aliphatic heterocycles. The minimum absolute atomic E-state index is 0. The van der Waals surface area contributed by atoms with E-state index in [4.69, 9.17) is 4.43 Å². The van der Waals surface area contributed by atoms with E-state index in [9.17, 15) is 0 Å². The lowest BCUT2D eigenvalue weighted by Crippen LogP contribution is -2.08. The van der Waals surface area contributed by atoms with Crippen LogP contribution in [0.5, 0.6) is 0 Å². The molecule has 0 heterocycles. The van der Waals surface area contributed by atoms with Crippen molar-refractivity contribution >= 4 is 46.4 Å². The van der Waals surface area contributed by atoms with Gasteiger partial charge in [-0.05, 0) is 19.5 Å². The molecule has 0 atom stereocenters. The maximum absolute atomic E-state index is 5.65. The lowest BCUT2D eigenvalue weighted by atomic mass is 10.2. The van der Waals surface area contributed by atoms with Gasteiger partial charge in [0.2, 0.25) is 0 Å². The second-order valence-corrected chi connectivity index (χ2v) is 11.8. The molecule has 16 heavy (non-hydrogen) atoms. The van der Waals surface area contributed by atoms with Crippen LogP contribution in [-0.4, -0.2) is 36.0 Å². The molecule has 0 unspecified atom stereocenters. The second kappa shape index (κ2) is 11.5. The van der Waals surface area contributed by atoms with Crippen LogP contribution >= 0.6 is 17.0 Å². The van der Waals surface area contributed by atoms with Crippen molar-refractivity contribution in [3.63, 3.8) is 0 Å². The van der Waals surface area contributed by atoms with Crippen LogP contribution in [0.25, 0.3) is 0 Å². The van der Waals surface area contributed by atoms with E-state index in [1.165, 1.54) is 30.2 Å². The maximum atomic E-state index is 5.65. The third kappa shape index (κ3) is 17.8. The van der Waals surface area contributed by atoms with E-state index in [0.717, 1.165) is 6.61 Å². The molecule has 0 saturated carbocycles. The zero-order valence-corrected chi connectivity index (χ0v) is 16.1. The molecule has 0 aromatic heterocycles. The molecule has 0 aliphatic rings. The average molecular weight is 322 g/mol. The predicted octanol–water partition coefficient (Wildman–Crippen LogP) is 4.47. The molecular formula is C12H29BrMgOSi. The molecular weight excluding hydrogens is 292 g/mol. The van der Waals surface area contributed by atoms with E-state index >= 15 is 0 Å². The van der Waals surface area contributed by atoms with Gasteiger partial charge in [-0.2, -0.15) is 0 Å². The van der Waals surface area contributed by atoms with E-state index in [0.29, 0.717) is 3.54 Å². The van der Waals surface area contributed by atoms with Gasteiger partial charge in [0.1, 0.15) is 0 Å². The van der Waals surface area contributed by atoms with Crippen molar-refractivity contribution in [2.45, 2.75) is 67.6 Å². The molecule has 0 radical (unpaired) electrons. The molecule has 0 aromatic rings. The summed E-state index contributed by atoms with van der Waals surface area (Å²) in [5.41, 5.74) is 0. The quantitative estimate of drug-likeness (QED) is 0.473. The van der Waals surface area contributed by atoms with E-state index in [-0.39, 0.29) is 37.3 Å². The lowest BCUT2D eigenvalue weighted by Gasteiger charge is -2.15. The summed E-state index contributed by atoms with van der Waals surface area (Å²) in [7, 11) is -0.751. The molecule has 0 saturated heterocycles. The number of halogens is 1. The molecule has 0 bridgehead atoms.